The smallest absolute Gasteiger partial charge is 0.272 e. The fourth-order valence-corrected chi connectivity index (χ4v) is 3.42. The summed E-state index contributed by atoms with van der Waals surface area (Å²) in [5, 5.41) is 10.7. The van der Waals surface area contributed by atoms with Crippen LogP contribution in [0.25, 0.3) is 5.82 Å². The standard InChI is InChI=1S/C21H22N6O3S/c1-30-16-6-2-14(3-7-16)11-22-19(28)12-31-20-10-18(23-13-24-20)27-9-8-17(26-27)21(29)25-15-4-5-15/h2-3,6-10,13,15H,4-5,11-12H2,1H3,(H,22,28)(H,25,29). The quantitative estimate of drug-likeness (QED) is 0.388. The van der Waals surface area contributed by atoms with Crippen molar-refractivity contribution in [3.05, 3.63) is 60.2 Å². The highest BCUT2D eigenvalue weighted by Gasteiger charge is 2.24. The van der Waals surface area contributed by atoms with E-state index in [-0.39, 0.29) is 23.6 Å². The average Bonchev–Trinajstić information content (AvgIpc) is 3.47. The lowest BCUT2D eigenvalue weighted by Crippen LogP contribution is -2.25. The number of aromatic nitrogens is 4. The summed E-state index contributed by atoms with van der Waals surface area (Å²) in [5.41, 5.74) is 1.33. The topological polar surface area (TPSA) is 111 Å². The van der Waals surface area contributed by atoms with Gasteiger partial charge in [0.25, 0.3) is 5.91 Å². The van der Waals surface area contributed by atoms with Crippen LogP contribution in [0.4, 0.5) is 0 Å². The zero-order valence-electron chi connectivity index (χ0n) is 16.9. The normalized spacial score (nSPS) is 12.9. The first-order valence-electron chi connectivity index (χ1n) is 9.82. The number of hydrogen-bond acceptors (Lipinski definition) is 7. The number of thioether (sulfide) groups is 1. The van der Waals surface area contributed by atoms with E-state index >= 15 is 0 Å². The van der Waals surface area contributed by atoms with Crippen molar-refractivity contribution >= 4 is 23.6 Å². The minimum atomic E-state index is -0.182. The number of rotatable bonds is 9. The summed E-state index contributed by atoms with van der Waals surface area (Å²) in [7, 11) is 1.61. The van der Waals surface area contributed by atoms with Gasteiger partial charge < -0.3 is 15.4 Å². The van der Waals surface area contributed by atoms with Gasteiger partial charge in [-0.15, -0.1) is 0 Å². The maximum atomic E-state index is 12.2. The highest BCUT2D eigenvalue weighted by atomic mass is 32.2. The van der Waals surface area contributed by atoms with Crippen LogP contribution in [-0.2, 0) is 11.3 Å². The Kier molecular flexibility index (Phi) is 6.46. The van der Waals surface area contributed by atoms with E-state index in [4.69, 9.17) is 4.74 Å². The zero-order chi connectivity index (χ0) is 21.6. The van der Waals surface area contributed by atoms with Gasteiger partial charge in [0.05, 0.1) is 12.9 Å². The van der Waals surface area contributed by atoms with Gasteiger partial charge in [-0.1, -0.05) is 23.9 Å². The third-order valence-electron chi connectivity index (χ3n) is 4.60. The van der Waals surface area contributed by atoms with Gasteiger partial charge >= 0.3 is 0 Å². The summed E-state index contributed by atoms with van der Waals surface area (Å²) in [6.45, 7) is 0.442. The summed E-state index contributed by atoms with van der Waals surface area (Å²) < 4.78 is 6.65. The van der Waals surface area contributed by atoms with Crippen molar-refractivity contribution in [2.24, 2.45) is 0 Å². The minimum absolute atomic E-state index is 0.0981. The first-order valence-corrected chi connectivity index (χ1v) is 10.8. The molecule has 10 heteroatoms. The van der Waals surface area contributed by atoms with Crippen molar-refractivity contribution < 1.29 is 14.3 Å². The van der Waals surface area contributed by atoms with Gasteiger partial charge in [0.2, 0.25) is 5.91 Å². The van der Waals surface area contributed by atoms with Crippen molar-refractivity contribution in [3.63, 3.8) is 0 Å². The Morgan fingerprint density at radius 2 is 2.00 bits per heavy atom. The third kappa shape index (κ3) is 5.82. The maximum absolute atomic E-state index is 12.2. The highest BCUT2D eigenvalue weighted by Crippen LogP contribution is 2.20. The van der Waals surface area contributed by atoms with Gasteiger partial charge in [-0.3, -0.25) is 9.59 Å². The van der Waals surface area contributed by atoms with Crippen LogP contribution < -0.4 is 15.4 Å². The van der Waals surface area contributed by atoms with Crippen LogP contribution >= 0.6 is 11.8 Å². The Morgan fingerprint density at radius 1 is 1.19 bits per heavy atom. The Balaban J connectivity index is 1.29. The van der Waals surface area contributed by atoms with Gasteiger partial charge in [0.15, 0.2) is 11.5 Å². The first-order chi connectivity index (χ1) is 15.1. The Bertz CT molecular complexity index is 1060. The molecule has 3 aromatic rings. The van der Waals surface area contributed by atoms with Crippen LogP contribution in [0.1, 0.15) is 28.9 Å². The summed E-state index contributed by atoms with van der Waals surface area (Å²) in [4.78, 5) is 32.7. The van der Waals surface area contributed by atoms with Gasteiger partial charge in [-0.05, 0) is 36.6 Å². The molecule has 1 aromatic carbocycles. The second-order valence-corrected chi connectivity index (χ2v) is 8.02. The molecule has 0 bridgehead atoms. The average molecular weight is 439 g/mol. The molecule has 0 atom stereocenters. The molecular weight excluding hydrogens is 416 g/mol. The van der Waals surface area contributed by atoms with E-state index in [2.05, 4.69) is 25.7 Å². The molecule has 1 fully saturated rings. The molecule has 1 aliphatic rings. The van der Waals surface area contributed by atoms with E-state index in [1.54, 1.807) is 25.4 Å². The van der Waals surface area contributed by atoms with Crippen LogP contribution in [0.5, 0.6) is 5.75 Å². The molecule has 2 aromatic heterocycles. The molecule has 0 aliphatic heterocycles. The molecule has 1 saturated carbocycles. The predicted octanol–water partition coefficient (Wildman–Crippen LogP) is 1.97. The van der Waals surface area contributed by atoms with Crippen molar-refractivity contribution in [2.45, 2.75) is 30.5 Å². The predicted molar refractivity (Wildman–Crippen MR) is 115 cm³/mol. The lowest BCUT2D eigenvalue weighted by Gasteiger charge is -2.07. The van der Waals surface area contributed by atoms with Crippen LogP contribution in [0.15, 0.2) is 53.9 Å². The third-order valence-corrected chi connectivity index (χ3v) is 5.52. The lowest BCUT2D eigenvalue weighted by molar-refractivity contribution is -0.118. The second-order valence-electron chi connectivity index (χ2n) is 7.02. The molecule has 2 heterocycles. The number of benzene rings is 1. The lowest BCUT2D eigenvalue weighted by atomic mass is 10.2. The van der Waals surface area contributed by atoms with Crippen molar-refractivity contribution in [1.29, 1.82) is 0 Å². The number of methoxy groups -OCH3 is 1. The summed E-state index contributed by atoms with van der Waals surface area (Å²) in [6, 6.07) is 11.2. The molecule has 1 aliphatic carbocycles. The van der Waals surface area contributed by atoms with Crippen LogP contribution in [0, 0.1) is 0 Å². The minimum Gasteiger partial charge on any atom is -0.497 e. The van der Waals surface area contributed by atoms with Crippen molar-refractivity contribution in [3.8, 4) is 11.6 Å². The Hall–Kier alpha value is -3.40. The molecule has 2 N–H and O–H groups in total. The number of amides is 2. The molecule has 0 unspecified atom stereocenters. The van der Waals surface area contributed by atoms with E-state index < -0.39 is 0 Å². The molecule has 0 radical (unpaired) electrons. The molecular formula is C21H22N6O3S. The van der Waals surface area contributed by atoms with E-state index in [0.717, 1.165) is 24.2 Å². The number of carbonyl (C=O) groups is 2. The summed E-state index contributed by atoms with van der Waals surface area (Å²) in [5.74, 6) is 1.25. The molecule has 31 heavy (non-hydrogen) atoms. The van der Waals surface area contributed by atoms with E-state index in [1.807, 2.05) is 24.3 Å². The molecule has 2 amide bonds. The molecule has 160 valence electrons. The highest BCUT2D eigenvalue weighted by molar-refractivity contribution is 7.99. The van der Waals surface area contributed by atoms with Crippen LogP contribution in [0.3, 0.4) is 0 Å². The zero-order valence-corrected chi connectivity index (χ0v) is 17.8. The van der Waals surface area contributed by atoms with Gasteiger partial charge in [-0.25, -0.2) is 14.6 Å². The number of ether oxygens (including phenoxy) is 1. The van der Waals surface area contributed by atoms with Crippen molar-refractivity contribution in [2.75, 3.05) is 12.9 Å². The fraction of sp³-hybridized carbons (Fsp3) is 0.286. The number of carbonyl (C=O) groups excluding carboxylic acids is 2. The SMILES string of the molecule is COc1ccc(CNC(=O)CSc2cc(-n3ccc(C(=O)NC4CC4)n3)ncn2)cc1. The fourth-order valence-electron chi connectivity index (χ4n) is 2.73. The second kappa shape index (κ2) is 9.61. The van der Waals surface area contributed by atoms with Gasteiger partial charge in [0.1, 0.15) is 17.1 Å². The first kappa shape index (κ1) is 20.9. The van der Waals surface area contributed by atoms with E-state index in [9.17, 15) is 9.59 Å². The Labute approximate surface area is 183 Å². The summed E-state index contributed by atoms with van der Waals surface area (Å²) >= 11 is 1.30. The number of nitrogens with one attached hydrogen (secondary N) is 2. The van der Waals surface area contributed by atoms with Gasteiger partial charge in [0, 0.05) is 24.8 Å². The maximum Gasteiger partial charge on any atom is 0.272 e. The largest absolute Gasteiger partial charge is 0.497 e. The molecule has 0 spiro atoms. The van der Waals surface area contributed by atoms with Crippen molar-refractivity contribution in [1.82, 2.24) is 30.4 Å². The van der Waals surface area contributed by atoms with E-state index in [1.165, 1.54) is 22.8 Å². The van der Waals surface area contributed by atoms with Gasteiger partial charge in [-0.2, -0.15) is 5.10 Å². The van der Waals surface area contributed by atoms with Crippen LogP contribution in [-0.4, -0.2) is 50.5 Å². The molecule has 9 nitrogen and oxygen atoms in total. The Morgan fingerprint density at radius 3 is 2.74 bits per heavy atom. The molecule has 4 rings (SSSR count). The molecule has 0 saturated heterocycles. The van der Waals surface area contributed by atoms with Crippen LogP contribution in [0.2, 0.25) is 0 Å². The summed E-state index contributed by atoms with van der Waals surface area (Å²) in [6.07, 6.45) is 5.14. The van der Waals surface area contributed by atoms with E-state index in [0.29, 0.717) is 23.1 Å². The number of hydrogen-bond donors (Lipinski definition) is 2. The monoisotopic (exact) mass is 438 g/mol. The number of nitrogens with zero attached hydrogens (tertiary/aromatic N) is 4.